The number of benzene rings is 1. The maximum atomic E-state index is 12.3. The van der Waals surface area contributed by atoms with E-state index in [1.54, 1.807) is 11.8 Å². The summed E-state index contributed by atoms with van der Waals surface area (Å²) in [7, 11) is 0. The van der Waals surface area contributed by atoms with Gasteiger partial charge in [0, 0.05) is 42.7 Å². The summed E-state index contributed by atoms with van der Waals surface area (Å²) in [5.41, 5.74) is 0.836. The second-order valence-corrected chi connectivity index (χ2v) is 8.91. The molecule has 30 heavy (non-hydrogen) atoms. The highest BCUT2D eigenvalue weighted by molar-refractivity contribution is 7.99. The average molecular weight is 430 g/mol. The van der Waals surface area contributed by atoms with Gasteiger partial charge in [-0.25, -0.2) is 0 Å². The van der Waals surface area contributed by atoms with Gasteiger partial charge in [-0.3, -0.25) is 14.9 Å². The van der Waals surface area contributed by atoms with Crippen molar-refractivity contribution in [3.05, 3.63) is 36.2 Å². The Morgan fingerprint density at radius 3 is 2.73 bits per heavy atom. The largest absolute Gasteiger partial charge is 0.420 e. The fourth-order valence-electron chi connectivity index (χ4n) is 3.84. The lowest BCUT2D eigenvalue weighted by molar-refractivity contribution is -0.122. The first-order valence-electron chi connectivity index (χ1n) is 10.5. The molecule has 160 valence electrons. The Hall–Kier alpha value is -2.39. The van der Waals surface area contributed by atoms with Crippen LogP contribution in [0.5, 0.6) is 0 Å². The normalized spacial score (nSPS) is 24.3. The summed E-state index contributed by atoms with van der Waals surface area (Å²) in [5.74, 6) is 2.30. The molecule has 8 nitrogen and oxygen atoms in total. The standard InChI is InChI=1S/C21H27N5O3S/c27-17-10-12-22-21(24-17)30-13-11-18(28)23-16-8-6-15(7-9-16)20-26-25-19(29-20)14-4-2-1-3-5-14/h1-5,15-16,21-22H,6-13H2,(H,23,28)(H,24,27). The highest BCUT2D eigenvalue weighted by atomic mass is 32.2. The van der Waals surface area contributed by atoms with Crippen LogP contribution in [0.1, 0.15) is 50.3 Å². The van der Waals surface area contributed by atoms with Crippen molar-refractivity contribution < 1.29 is 14.0 Å². The van der Waals surface area contributed by atoms with E-state index in [1.807, 2.05) is 30.3 Å². The molecule has 1 aliphatic carbocycles. The van der Waals surface area contributed by atoms with Gasteiger partial charge in [-0.2, -0.15) is 0 Å². The Morgan fingerprint density at radius 1 is 1.17 bits per heavy atom. The Kier molecular flexibility index (Phi) is 7.01. The number of aromatic nitrogens is 2. The van der Waals surface area contributed by atoms with Crippen LogP contribution in [-0.2, 0) is 9.59 Å². The molecule has 1 aromatic heterocycles. The quantitative estimate of drug-likeness (QED) is 0.620. The van der Waals surface area contributed by atoms with E-state index in [4.69, 9.17) is 4.42 Å². The molecule has 2 fully saturated rings. The molecule has 0 bridgehead atoms. The topological polar surface area (TPSA) is 109 Å². The third kappa shape index (κ3) is 5.60. The van der Waals surface area contributed by atoms with Crippen molar-refractivity contribution in [2.24, 2.45) is 0 Å². The third-order valence-electron chi connectivity index (χ3n) is 5.49. The summed E-state index contributed by atoms with van der Waals surface area (Å²) in [5, 5.41) is 17.7. The third-order valence-corrected chi connectivity index (χ3v) is 6.55. The molecule has 2 amide bonds. The van der Waals surface area contributed by atoms with Crippen LogP contribution in [0.3, 0.4) is 0 Å². The van der Waals surface area contributed by atoms with Crippen molar-refractivity contribution in [3.8, 4) is 11.5 Å². The van der Waals surface area contributed by atoms with Crippen LogP contribution in [0.4, 0.5) is 0 Å². The Morgan fingerprint density at radius 2 is 1.97 bits per heavy atom. The van der Waals surface area contributed by atoms with Gasteiger partial charge in [0.15, 0.2) is 0 Å². The molecule has 1 atom stereocenters. The SMILES string of the molecule is O=C(CCSC1NCCC(=O)N1)NC1CCC(c2nnc(-c3ccccc3)o2)CC1. The summed E-state index contributed by atoms with van der Waals surface area (Å²) >= 11 is 1.56. The number of nitrogens with zero attached hydrogens (tertiary/aromatic N) is 2. The first-order valence-corrected chi connectivity index (χ1v) is 11.5. The van der Waals surface area contributed by atoms with Crippen molar-refractivity contribution in [1.82, 2.24) is 26.1 Å². The number of carbonyl (C=O) groups excluding carboxylic acids is 2. The van der Waals surface area contributed by atoms with Crippen LogP contribution in [0.2, 0.25) is 0 Å². The summed E-state index contributed by atoms with van der Waals surface area (Å²) < 4.78 is 5.90. The van der Waals surface area contributed by atoms with Crippen molar-refractivity contribution in [3.63, 3.8) is 0 Å². The molecule has 9 heteroatoms. The van der Waals surface area contributed by atoms with Crippen LogP contribution < -0.4 is 16.0 Å². The van der Waals surface area contributed by atoms with E-state index >= 15 is 0 Å². The molecule has 1 aromatic carbocycles. The zero-order chi connectivity index (χ0) is 20.8. The fourth-order valence-corrected chi connectivity index (χ4v) is 4.83. The molecule has 4 rings (SSSR count). The molecule has 1 saturated heterocycles. The van der Waals surface area contributed by atoms with E-state index in [0.717, 1.165) is 31.2 Å². The highest BCUT2D eigenvalue weighted by Gasteiger charge is 2.27. The molecule has 0 spiro atoms. The van der Waals surface area contributed by atoms with Gasteiger partial charge in [0.1, 0.15) is 5.50 Å². The fraction of sp³-hybridized carbons (Fsp3) is 0.524. The minimum Gasteiger partial charge on any atom is -0.420 e. The van der Waals surface area contributed by atoms with Crippen LogP contribution in [-0.4, -0.2) is 45.8 Å². The van der Waals surface area contributed by atoms with Crippen molar-refractivity contribution in [2.45, 2.75) is 56.0 Å². The van der Waals surface area contributed by atoms with Gasteiger partial charge in [0.25, 0.3) is 0 Å². The van der Waals surface area contributed by atoms with Gasteiger partial charge in [0.2, 0.25) is 23.6 Å². The Labute approximate surface area is 180 Å². The average Bonchev–Trinajstić information content (AvgIpc) is 3.25. The van der Waals surface area contributed by atoms with Gasteiger partial charge in [-0.05, 0) is 37.8 Å². The molecule has 3 N–H and O–H groups in total. The molecule has 2 aromatic rings. The zero-order valence-corrected chi connectivity index (χ0v) is 17.6. The lowest BCUT2D eigenvalue weighted by Gasteiger charge is -2.27. The number of thioether (sulfide) groups is 1. The van der Waals surface area contributed by atoms with Gasteiger partial charge >= 0.3 is 0 Å². The van der Waals surface area contributed by atoms with Crippen LogP contribution in [0.15, 0.2) is 34.7 Å². The summed E-state index contributed by atoms with van der Waals surface area (Å²) in [6, 6.07) is 9.98. The molecular weight excluding hydrogens is 402 g/mol. The van der Waals surface area contributed by atoms with Gasteiger partial charge in [-0.15, -0.1) is 22.0 Å². The lowest BCUT2D eigenvalue weighted by Crippen LogP contribution is -2.49. The molecule has 2 aliphatic rings. The van der Waals surface area contributed by atoms with E-state index in [0.29, 0.717) is 36.9 Å². The zero-order valence-electron chi connectivity index (χ0n) is 16.8. The van der Waals surface area contributed by atoms with Crippen molar-refractivity contribution in [1.29, 1.82) is 0 Å². The minimum absolute atomic E-state index is 0.0598. The number of nitrogens with one attached hydrogen (secondary N) is 3. The number of hydrogen-bond donors (Lipinski definition) is 3. The molecule has 2 heterocycles. The monoisotopic (exact) mass is 429 g/mol. The first kappa shape index (κ1) is 20.9. The summed E-state index contributed by atoms with van der Waals surface area (Å²) in [6.45, 7) is 0.686. The maximum absolute atomic E-state index is 12.3. The van der Waals surface area contributed by atoms with Crippen LogP contribution in [0, 0.1) is 0 Å². The molecule has 1 unspecified atom stereocenters. The maximum Gasteiger partial charge on any atom is 0.247 e. The van der Waals surface area contributed by atoms with Crippen molar-refractivity contribution in [2.75, 3.05) is 12.3 Å². The van der Waals surface area contributed by atoms with E-state index in [1.165, 1.54) is 0 Å². The summed E-state index contributed by atoms with van der Waals surface area (Å²) in [6.07, 6.45) is 4.63. The van der Waals surface area contributed by atoms with Gasteiger partial charge in [0.05, 0.1) is 0 Å². The van der Waals surface area contributed by atoms with Gasteiger partial charge < -0.3 is 15.1 Å². The summed E-state index contributed by atoms with van der Waals surface area (Å²) in [4.78, 5) is 23.6. The Balaban J connectivity index is 1.17. The van der Waals surface area contributed by atoms with E-state index in [-0.39, 0.29) is 29.3 Å². The number of carbonyl (C=O) groups is 2. The van der Waals surface area contributed by atoms with Crippen LogP contribution in [0.25, 0.3) is 11.5 Å². The minimum atomic E-state index is -0.0929. The van der Waals surface area contributed by atoms with Crippen LogP contribution >= 0.6 is 11.8 Å². The number of rotatable bonds is 7. The number of hydrogen-bond acceptors (Lipinski definition) is 7. The number of amides is 2. The second kappa shape index (κ2) is 10.1. The predicted molar refractivity (Wildman–Crippen MR) is 114 cm³/mol. The second-order valence-electron chi connectivity index (χ2n) is 7.70. The molecule has 0 radical (unpaired) electrons. The molecule has 1 aliphatic heterocycles. The van der Waals surface area contributed by atoms with Crippen molar-refractivity contribution >= 4 is 23.6 Å². The smallest absolute Gasteiger partial charge is 0.247 e. The predicted octanol–water partition coefficient (Wildman–Crippen LogP) is 2.40. The van der Waals surface area contributed by atoms with E-state index in [2.05, 4.69) is 26.1 Å². The Bertz CT molecular complexity index is 851. The van der Waals surface area contributed by atoms with E-state index < -0.39 is 0 Å². The van der Waals surface area contributed by atoms with E-state index in [9.17, 15) is 9.59 Å². The highest BCUT2D eigenvalue weighted by Crippen LogP contribution is 2.33. The molecular formula is C21H27N5O3S. The molecule has 1 saturated carbocycles. The first-order chi connectivity index (χ1) is 14.7. The van der Waals surface area contributed by atoms with Gasteiger partial charge in [-0.1, -0.05) is 18.2 Å². The lowest BCUT2D eigenvalue weighted by atomic mass is 9.86.